The van der Waals surface area contributed by atoms with Gasteiger partial charge in [-0.25, -0.2) is 0 Å². The molecule has 166 valence electrons. The summed E-state index contributed by atoms with van der Waals surface area (Å²) in [6.07, 6.45) is 2.50. The number of carbonyl (C=O) groups excluding carboxylic acids is 1. The third-order valence-corrected chi connectivity index (χ3v) is 7.10. The zero-order chi connectivity index (χ0) is 22.1. The van der Waals surface area contributed by atoms with Gasteiger partial charge < -0.3 is 14.4 Å². The number of nitrogens with zero attached hydrogens (tertiary/aromatic N) is 2. The Kier molecular flexibility index (Phi) is 6.44. The van der Waals surface area contributed by atoms with Crippen LogP contribution in [0.5, 0.6) is 11.5 Å². The smallest absolute Gasteiger partial charge is 0.259 e. The number of rotatable bonds is 6. The molecule has 1 amide bonds. The number of hydrogen-bond donors (Lipinski definition) is 0. The predicted octanol–water partition coefficient (Wildman–Crippen LogP) is 5.24. The monoisotopic (exact) mass is 442 g/mol. The molecule has 0 bridgehead atoms. The first-order chi connectivity index (χ1) is 14.9. The molecule has 1 fully saturated rings. The number of methoxy groups -OCH3 is 1. The zero-order valence-corrected chi connectivity index (χ0v) is 19.6. The first kappa shape index (κ1) is 22.0. The molecule has 2 aliphatic rings. The largest absolute Gasteiger partial charge is 0.493 e. The summed E-state index contributed by atoms with van der Waals surface area (Å²) in [5.41, 5.74) is 4.45. The third kappa shape index (κ3) is 4.39. The number of benzene rings is 2. The van der Waals surface area contributed by atoms with Gasteiger partial charge in [0, 0.05) is 28.9 Å². The minimum atomic E-state index is 0.00539. The van der Waals surface area contributed by atoms with Gasteiger partial charge in [-0.15, -0.1) is 0 Å². The summed E-state index contributed by atoms with van der Waals surface area (Å²) in [6.45, 7) is 10.5. The number of likely N-dealkylation sites (tertiary alicyclic amines) is 1. The minimum Gasteiger partial charge on any atom is -0.493 e. The Bertz CT molecular complexity index is 983. The van der Waals surface area contributed by atoms with Gasteiger partial charge in [0.15, 0.2) is 11.5 Å². The Morgan fingerprint density at radius 1 is 1.10 bits per heavy atom. The van der Waals surface area contributed by atoms with E-state index < -0.39 is 0 Å². The van der Waals surface area contributed by atoms with E-state index in [4.69, 9.17) is 21.1 Å². The fourth-order valence-corrected chi connectivity index (χ4v) is 4.74. The van der Waals surface area contributed by atoms with Crippen molar-refractivity contribution in [2.24, 2.45) is 5.92 Å². The normalized spacial score (nSPS) is 17.2. The standard InChI is InChI=1S/C25H31ClN2O3/c1-16-7-9-27(10-8-16)11-12-31-23-14-20(5-6-22(23)30-4)28-15-19-13-21(26)17(2)18(3)24(19)25(28)29/h5-6,13-14,16H,7-12,15H2,1-4H3. The van der Waals surface area contributed by atoms with Crippen LogP contribution in [-0.2, 0) is 6.54 Å². The number of carbonyl (C=O) groups is 1. The van der Waals surface area contributed by atoms with Crippen molar-refractivity contribution >= 4 is 23.2 Å². The highest BCUT2D eigenvalue weighted by Crippen LogP contribution is 2.38. The number of piperidine rings is 1. The molecular weight excluding hydrogens is 412 g/mol. The van der Waals surface area contributed by atoms with Crippen LogP contribution >= 0.6 is 11.6 Å². The van der Waals surface area contributed by atoms with E-state index in [1.54, 1.807) is 12.0 Å². The molecule has 0 radical (unpaired) electrons. The van der Waals surface area contributed by atoms with Gasteiger partial charge in [-0.2, -0.15) is 0 Å². The van der Waals surface area contributed by atoms with Gasteiger partial charge in [0.1, 0.15) is 6.61 Å². The molecule has 4 rings (SSSR count). The van der Waals surface area contributed by atoms with Crippen molar-refractivity contribution in [3.63, 3.8) is 0 Å². The summed E-state index contributed by atoms with van der Waals surface area (Å²) in [6, 6.07) is 7.60. The Morgan fingerprint density at radius 3 is 2.55 bits per heavy atom. The Balaban J connectivity index is 1.50. The van der Waals surface area contributed by atoms with Crippen molar-refractivity contribution in [3.05, 3.63) is 51.5 Å². The average molecular weight is 443 g/mol. The summed E-state index contributed by atoms with van der Waals surface area (Å²) < 4.78 is 11.6. The fraction of sp³-hybridized carbons (Fsp3) is 0.480. The van der Waals surface area contributed by atoms with Crippen molar-refractivity contribution in [1.82, 2.24) is 4.90 Å². The third-order valence-electron chi connectivity index (χ3n) is 6.71. The van der Waals surface area contributed by atoms with Crippen molar-refractivity contribution in [2.75, 3.05) is 38.3 Å². The van der Waals surface area contributed by atoms with E-state index >= 15 is 0 Å². The summed E-state index contributed by atoms with van der Waals surface area (Å²) in [5, 5.41) is 0.705. The first-order valence-electron chi connectivity index (χ1n) is 11.0. The number of fused-ring (bicyclic) bond motifs is 1. The molecular formula is C25H31ClN2O3. The highest BCUT2D eigenvalue weighted by molar-refractivity contribution is 6.32. The lowest BCUT2D eigenvalue weighted by molar-refractivity contribution is 0.0996. The predicted molar refractivity (Wildman–Crippen MR) is 125 cm³/mol. The summed E-state index contributed by atoms with van der Waals surface area (Å²) >= 11 is 6.36. The van der Waals surface area contributed by atoms with Gasteiger partial charge in [0.2, 0.25) is 0 Å². The van der Waals surface area contributed by atoms with Crippen LogP contribution in [0.25, 0.3) is 0 Å². The van der Waals surface area contributed by atoms with E-state index in [9.17, 15) is 4.79 Å². The van der Waals surface area contributed by atoms with Crippen LogP contribution in [0.2, 0.25) is 5.02 Å². The van der Waals surface area contributed by atoms with E-state index in [2.05, 4.69) is 11.8 Å². The maximum absolute atomic E-state index is 13.2. The maximum Gasteiger partial charge on any atom is 0.259 e. The van der Waals surface area contributed by atoms with Gasteiger partial charge >= 0.3 is 0 Å². The van der Waals surface area contributed by atoms with E-state index in [0.29, 0.717) is 29.7 Å². The Labute approximate surface area is 189 Å². The second-order valence-corrected chi connectivity index (χ2v) is 9.15. The molecule has 0 atom stereocenters. The topological polar surface area (TPSA) is 42.0 Å². The van der Waals surface area contributed by atoms with Gasteiger partial charge in [0.25, 0.3) is 5.91 Å². The lowest BCUT2D eigenvalue weighted by Crippen LogP contribution is -2.35. The highest BCUT2D eigenvalue weighted by Gasteiger charge is 2.32. The van der Waals surface area contributed by atoms with E-state index in [1.165, 1.54) is 12.8 Å². The van der Waals surface area contributed by atoms with Gasteiger partial charge in [0.05, 0.1) is 13.7 Å². The molecule has 31 heavy (non-hydrogen) atoms. The molecule has 0 spiro atoms. The zero-order valence-electron chi connectivity index (χ0n) is 18.8. The molecule has 0 saturated carbocycles. The van der Waals surface area contributed by atoms with E-state index in [1.807, 2.05) is 38.1 Å². The summed E-state index contributed by atoms with van der Waals surface area (Å²) in [5.74, 6) is 2.17. The maximum atomic E-state index is 13.2. The quantitative estimate of drug-likeness (QED) is 0.613. The second-order valence-electron chi connectivity index (χ2n) is 8.74. The molecule has 0 unspecified atom stereocenters. The molecule has 6 heteroatoms. The lowest BCUT2D eigenvalue weighted by Gasteiger charge is -2.30. The Hall–Kier alpha value is -2.24. The number of hydrogen-bond acceptors (Lipinski definition) is 4. The van der Waals surface area contributed by atoms with Crippen LogP contribution in [0.15, 0.2) is 24.3 Å². The van der Waals surface area contributed by atoms with Gasteiger partial charge in [-0.05, 0) is 80.6 Å². The first-order valence-corrected chi connectivity index (χ1v) is 11.4. The number of amides is 1. The van der Waals surface area contributed by atoms with Gasteiger partial charge in [-0.3, -0.25) is 9.69 Å². The van der Waals surface area contributed by atoms with Crippen molar-refractivity contribution in [2.45, 2.75) is 40.2 Å². The average Bonchev–Trinajstić information content (AvgIpc) is 3.09. The SMILES string of the molecule is COc1ccc(N2Cc3cc(Cl)c(C)c(C)c3C2=O)cc1OCCN1CCC(C)CC1. The molecule has 2 aromatic carbocycles. The minimum absolute atomic E-state index is 0.00539. The Morgan fingerprint density at radius 2 is 1.84 bits per heavy atom. The number of anilines is 1. The fourth-order valence-electron chi connectivity index (χ4n) is 4.47. The molecule has 1 saturated heterocycles. The van der Waals surface area contributed by atoms with Crippen LogP contribution in [0.4, 0.5) is 5.69 Å². The summed E-state index contributed by atoms with van der Waals surface area (Å²) in [7, 11) is 1.64. The van der Waals surface area contributed by atoms with Crippen LogP contribution in [0, 0.1) is 19.8 Å². The van der Waals surface area contributed by atoms with Crippen LogP contribution in [-0.4, -0.2) is 44.2 Å². The molecule has 0 aliphatic carbocycles. The summed E-state index contributed by atoms with van der Waals surface area (Å²) in [4.78, 5) is 17.4. The molecule has 2 aliphatic heterocycles. The van der Waals surface area contributed by atoms with Gasteiger partial charge in [-0.1, -0.05) is 18.5 Å². The molecule has 0 N–H and O–H groups in total. The molecule has 2 aromatic rings. The van der Waals surface area contributed by atoms with Crippen molar-refractivity contribution in [1.29, 1.82) is 0 Å². The van der Waals surface area contributed by atoms with Crippen molar-refractivity contribution in [3.8, 4) is 11.5 Å². The van der Waals surface area contributed by atoms with Crippen molar-refractivity contribution < 1.29 is 14.3 Å². The van der Waals surface area contributed by atoms with E-state index in [-0.39, 0.29) is 5.91 Å². The van der Waals surface area contributed by atoms with Crippen LogP contribution < -0.4 is 14.4 Å². The second kappa shape index (κ2) is 9.09. The number of halogens is 1. The van der Waals surface area contributed by atoms with E-state index in [0.717, 1.165) is 53.5 Å². The highest BCUT2D eigenvalue weighted by atomic mass is 35.5. The number of ether oxygens (including phenoxy) is 2. The molecule has 0 aromatic heterocycles. The molecule has 5 nitrogen and oxygen atoms in total. The lowest BCUT2D eigenvalue weighted by atomic mass is 9.99. The molecule has 2 heterocycles. The van der Waals surface area contributed by atoms with Crippen LogP contribution in [0.3, 0.4) is 0 Å². The van der Waals surface area contributed by atoms with Crippen LogP contribution in [0.1, 0.15) is 46.8 Å².